The van der Waals surface area contributed by atoms with Gasteiger partial charge in [0.15, 0.2) is 0 Å². The number of rotatable bonds is 11. The van der Waals surface area contributed by atoms with Gasteiger partial charge >= 0.3 is 0 Å². The Morgan fingerprint density at radius 1 is 1.12 bits per heavy atom. The summed E-state index contributed by atoms with van der Waals surface area (Å²) in [5.74, 6) is 0.574. The van der Waals surface area contributed by atoms with Crippen molar-refractivity contribution in [3.05, 3.63) is 94.1 Å². The third-order valence-electron chi connectivity index (χ3n) is 8.07. The normalized spacial score (nSPS) is 18.6. The molecular weight excluding hydrogens is 498 g/mol. The van der Waals surface area contributed by atoms with Crippen LogP contribution in [0.1, 0.15) is 61.9 Å². The van der Waals surface area contributed by atoms with E-state index in [9.17, 15) is 9.59 Å². The van der Waals surface area contributed by atoms with Crippen LogP contribution in [0.4, 0.5) is 0 Å². The SMILES string of the molecule is CN\C=C/C(=C(C)/C=C(\C)C(C)N1CCC(c2ccc(C(=O)N(C)C)cc2)CC1)N(C)/C=C\C1=C(C=O)CCN1. The summed E-state index contributed by atoms with van der Waals surface area (Å²) in [5, 5.41) is 6.39. The van der Waals surface area contributed by atoms with Crippen molar-refractivity contribution in [2.75, 3.05) is 47.8 Å². The lowest BCUT2D eigenvalue weighted by Gasteiger charge is -2.37. The highest BCUT2D eigenvalue weighted by Gasteiger charge is 2.25. The van der Waals surface area contributed by atoms with Gasteiger partial charge in [0.1, 0.15) is 6.29 Å². The molecular formula is C33H47N5O2. The van der Waals surface area contributed by atoms with Gasteiger partial charge in [-0.1, -0.05) is 23.8 Å². The summed E-state index contributed by atoms with van der Waals surface area (Å²) in [6, 6.07) is 8.52. The fourth-order valence-electron chi connectivity index (χ4n) is 5.42. The van der Waals surface area contributed by atoms with E-state index in [0.717, 1.165) is 67.7 Å². The number of hydrogen-bond acceptors (Lipinski definition) is 6. The first-order valence-electron chi connectivity index (χ1n) is 14.3. The van der Waals surface area contributed by atoms with Gasteiger partial charge in [0, 0.05) is 69.5 Å². The van der Waals surface area contributed by atoms with Gasteiger partial charge in [-0.25, -0.2) is 0 Å². The minimum Gasteiger partial charge on any atom is -0.394 e. The fraction of sp³-hybridized carbons (Fsp3) is 0.455. The van der Waals surface area contributed by atoms with Gasteiger partial charge < -0.3 is 20.4 Å². The molecule has 2 aliphatic heterocycles. The number of carbonyl (C=O) groups excluding carboxylic acids is 2. The summed E-state index contributed by atoms with van der Waals surface area (Å²) in [5.41, 5.74) is 7.38. The quantitative estimate of drug-likeness (QED) is 0.308. The van der Waals surface area contributed by atoms with Crippen LogP contribution in [-0.4, -0.2) is 80.8 Å². The number of aldehydes is 1. The molecule has 1 aromatic rings. The Hall–Kier alpha value is -3.58. The Bertz CT molecular complexity index is 1180. The third kappa shape index (κ3) is 7.98. The van der Waals surface area contributed by atoms with E-state index in [1.54, 1.807) is 19.0 Å². The van der Waals surface area contributed by atoms with Gasteiger partial charge in [-0.3, -0.25) is 14.5 Å². The molecule has 0 saturated carbocycles. The molecule has 0 aliphatic carbocycles. The van der Waals surface area contributed by atoms with Gasteiger partial charge in [0.2, 0.25) is 0 Å². The Morgan fingerprint density at radius 3 is 2.40 bits per heavy atom. The highest BCUT2D eigenvalue weighted by atomic mass is 16.2. The lowest BCUT2D eigenvalue weighted by molar-refractivity contribution is -0.105. The van der Waals surface area contributed by atoms with Crippen LogP contribution >= 0.6 is 0 Å². The van der Waals surface area contributed by atoms with Gasteiger partial charge in [-0.15, -0.1) is 0 Å². The Balaban J connectivity index is 1.67. The minimum atomic E-state index is 0.0453. The number of nitrogens with one attached hydrogen (secondary N) is 2. The van der Waals surface area contributed by atoms with Crippen LogP contribution in [0.5, 0.6) is 0 Å². The predicted octanol–water partition coefficient (Wildman–Crippen LogP) is 4.80. The third-order valence-corrected chi connectivity index (χ3v) is 8.07. The zero-order valence-corrected chi connectivity index (χ0v) is 25.3. The van der Waals surface area contributed by atoms with E-state index in [2.05, 4.69) is 65.5 Å². The van der Waals surface area contributed by atoms with Crippen molar-refractivity contribution < 1.29 is 9.59 Å². The van der Waals surface area contributed by atoms with Crippen LogP contribution in [0.25, 0.3) is 0 Å². The first-order valence-corrected chi connectivity index (χ1v) is 14.3. The lowest BCUT2D eigenvalue weighted by Crippen LogP contribution is -2.40. The molecule has 0 bridgehead atoms. The second-order valence-corrected chi connectivity index (χ2v) is 11.0. The molecule has 3 rings (SSSR count). The number of allylic oxidation sites excluding steroid dienone is 4. The van der Waals surface area contributed by atoms with Crippen molar-refractivity contribution in [2.45, 2.75) is 52.0 Å². The van der Waals surface area contributed by atoms with Crippen LogP contribution in [-0.2, 0) is 4.79 Å². The second-order valence-electron chi connectivity index (χ2n) is 11.0. The molecule has 2 aliphatic rings. The van der Waals surface area contributed by atoms with Crippen molar-refractivity contribution in [3.63, 3.8) is 0 Å². The average Bonchev–Trinajstić information content (AvgIpc) is 3.43. The van der Waals surface area contributed by atoms with Crippen LogP contribution in [0.15, 0.2) is 83.0 Å². The summed E-state index contributed by atoms with van der Waals surface area (Å²) in [6.07, 6.45) is 14.2. The number of hydrogen-bond donors (Lipinski definition) is 2. The van der Waals surface area contributed by atoms with E-state index in [1.807, 2.05) is 44.7 Å². The monoisotopic (exact) mass is 545 g/mol. The summed E-state index contributed by atoms with van der Waals surface area (Å²) < 4.78 is 0. The second kappa shape index (κ2) is 14.7. The molecule has 1 saturated heterocycles. The molecule has 2 heterocycles. The Kier molecular flexibility index (Phi) is 11.4. The Morgan fingerprint density at radius 2 is 1.80 bits per heavy atom. The van der Waals surface area contributed by atoms with Crippen molar-refractivity contribution in [1.82, 2.24) is 25.3 Å². The predicted molar refractivity (Wildman–Crippen MR) is 165 cm³/mol. The number of carbonyl (C=O) groups is 2. The molecule has 1 aromatic carbocycles. The van der Waals surface area contributed by atoms with Gasteiger partial charge in [0.25, 0.3) is 5.91 Å². The summed E-state index contributed by atoms with van der Waals surface area (Å²) >= 11 is 0. The summed E-state index contributed by atoms with van der Waals surface area (Å²) in [6.45, 7) is 9.58. The van der Waals surface area contributed by atoms with Crippen LogP contribution in [0, 0.1) is 0 Å². The molecule has 1 fully saturated rings. The summed E-state index contributed by atoms with van der Waals surface area (Å²) in [4.78, 5) is 29.8. The van der Waals surface area contributed by atoms with Crippen molar-refractivity contribution in [3.8, 4) is 0 Å². The fourth-order valence-corrected chi connectivity index (χ4v) is 5.42. The molecule has 40 heavy (non-hydrogen) atoms. The highest BCUT2D eigenvalue weighted by molar-refractivity contribution is 5.93. The van der Waals surface area contributed by atoms with Crippen molar-refractivity contribution >= 4 is 12.2 Å². The number of amides is 1. The molecule has 7 heteroatoms. The van der Waals surface area contributed by atoms with E-state index in [0.29, 0.717) is 12.0 Å². The molecule has 7 nitrogen and oxygen atoms in total. The maximum Gasteiger partial charge on any atom is 0.253 e. The number of benzene rings is 1. The number of likely N-dealkylation sites (tertiary alicyclic amines) is 1. The first kappa shape index (κ1) is 31.0. The maximum atomic E-state index is 12.2. The van der Waals surface area contributed by atoms with Crippen LogP contribution in [0.2, 0.25) is 0 Å². The molecule has 0 spiro atoms. The number of piperidine rings is 1. The smallest absolute Gasteiger partial charge is 0.253 e. The van der Waals surface area contributed by atoms with E-state index in [-0.39, 0.29) is 5.91 Å². The molecule has 1 atom stereocenters. The van der Waals surface area contributed by atoms with Gasteiger partial charge in [-0.05, 0) is 101 Å². The number of likely N-dealkylation sites (N-methyl/N-ethyl adjacent to an activating group) is 1. The zero-order chi connectivity index (χ0) is 29.2. The molecule has 2 N–H and O–H groups in total. The van der Waals surface area contributed by atoms with E-state index in [1.165, 1.54) is 16.7 Å². The molecule has 0 radical (unpaired) electrons. The standard InChI is InChI=1S/C33H47N5O2/c1-24(22-25(2)32(13-17-34-4)37(7)19-16-31-30(23-39)12-18-35-31)26(3)38-20-14-28(15-21-38)27-8-10-29(11-9-27)33(40)36(5)6/h8-11,13,16-17,19,22-23,26,28,34-35H,12,14-15,18,20-21H2,1-7H3/b17-13-,19-16-,24-22+,32-25-. The minimum absolute atomic E-state index is 0.0453. The van der Waals surface area contributed by atoms with Gasteiger partial charge in [0.05, 0.1) is 0 Å². The van der Waals surface area contributed by atoms with Crippen LogP contribution < -0.4 is 10.6 Å². The molecule has 1 unspecified atom stereocenters. The molecule has 1 amide bonds. The van der Waals surface area contributed by atoms with Crippen molar-refractivity contribution in [1.29, 1.82) is 0 Å². The topological polar surface area (TPSA) is 67.9 Å². The number of nitrogens with zero attached hydrogens (tertiary/aromatic N) is 3. The van der Waals surface area contributed by atoms with Gasteiger partial charge in [-0.2, -0.15) is 0 Å². The largest absolute Gasteiger partial charge is 0.394 e. The average molecular weight is 546 g/mol. The molecule has 216 valence electrons. The van der Waals surface area contributed by atoms with E-state index >= 15 is 0 Å². The first-order chi connectivity index (χ1) is 19.2. The lowest BCUT2D eigenvalue weighted by atomic mass is 9.88. The zero-order valence-electron chi connectivity index (χ0n) is 25.3. The highest BCUT2D eigenvalue weighted by Crippen LogP contribution is 2.30. The molecule has 0 aromatic heterocycles. The Labute approximate surface area is 241 Å². The summed E-state index contributed by atoms with van der Waals surface area (Å²) in [7, 11) is 7.50. The van der Waals surface area contributed by atoms with Crippen LogP contribution in [0.3, 0.4) is 0 Å². The van der Waals surface area contributed by atoms with E-state index < -0.39 is 0 Å². The maximum absolute atomic E-state index is 12.2. The van der Waals surface area contributed by atoms with Crippen molar-refractivity contribution in [2.24, 2.45) is 0 Å². The van der Waals surface area contributed by atoms with E-state index in [4.69, 9.17) is 0 Å².